The third kappa shape index (κ3) is 2.85. The van der Waals surface area contributed by atoms with E-state index in [1.54, 1.807) is 0 Å². The smallest absolute Gasteiger partial charge is 0.192 e. The van der Waals surface area contributed by atoms with Crippen LogP contribution in [0.5, 0.6) is 0 Å². The number of hydrogen-bond acceptors (Lipinski definition) is 1. The Balaban J connectivity index is 2.68. The molecule has 2 atom stereocenters. The molecule has 1 rings (SSSR count). The molecule has 0 saturated heterocycles. The van der Waals surface area contributed by atoms with Gasteiger partial charge in [0, 0.05) is 0 Å². The first-order valence-electron chi connectivity index (χ1n) is 6.33. The monoisotopic (exact) mass is 228 g/mol. The van der Waals surface area contributed by atoms with Crippen molar-refractivity contribution in [1.29, 1.82) is 0 Å². The molecule has 2 heteroatoms. The molecule has 0 heterocycles. The van der Waals surface area contributed by atoms with Gasteiger partial charge in [-0.15, -0.1) is 0 Å². The predicted octanol–water partition coefficient (Wildman–Crippen LogP) is 4.44. The summed E-state index contributed by atoms with van der Waals surface area (Å²) in [5.41, 5.74) is 0. The average Bonchev–Trinajstić information content (AvgIpc) is 2.33. The van der Waals surface area contributed by atoms with Crippen molar-refractivity contribution < 1.29 is 4.43 Å². The van der Waals surface area contributed by atoms with Gasteiger partial charge in [0.05, 0.1) is 6.10 Å². The highest BCUT2D eigenvalue weighted by molar-refractivity contribution is 6.74. The van der Waals surface area contributed by atoms with Gasteiger partial charge in [0.15, 0.2) is 8.32 Å². The van der Waals surface area contributed by atoms with Crippen molar-refractivity contribution in [3.05, 3.63) is 0 Å². The van der Waals surface area contributed by atoms with E-state index >= 15 is 0 Å². The molecule has 2 unspecified atom stereocenters. The van der Waals surface area contributed by atoms with Crippen LogP contribution in [0.15, 0.2) is 0 Å². The minimum absolute atomic E-state index is 0.342. The second-order valence-corrected chi connectivity index (χ2v) is 11.6. The quantitative estimate of drug-likeness (QED) is 0.635. The van der Waals surface area contributed by atoms with E-state index in [-0.39, 0.29) is 0 Å². The van der Waals surface area contributed by atoms with Gasteiger partial charge in [-0.25, -0.2) is 0 Å². The van der Waals surface area contributed by atoms with Gasteiger partial charge >= 0.3 is 0 Å². The van der Waals surface area contributed by atoms with Gasteiger partial charge in [-0.2, -0.15) is 0 Å². The van der Waals surface area contributed by atoms with Crippen molar-refractivity contribution in [1.82, 2.24) is 0 Å². The van der Waals surface area contributed by atoms with Crippen LogP contribution >= 0.6 is 0 Å². The fourth-order valence-corrected chi connectivity index (χ4v) is 3.66. The van der Waals surface area contributed by atoms with E-state index in [2.05, 4.69) is 47.7 Å². The van der Waals surface area contributed by atoms with Crippen LogP contribution in [-0.2, 0) is 4.43 Å². The second-order valence-electron chi connectivity index (χ2n) is 6.87. The molecule has 0 aromatic carbocycles. The molecule has 1 fully saturated rings. The van der Waals surface area contributed by atoms with Gasteiger partial charge in [-0.3, -0.25) is 0 Å². The summed E-state index contributed by atoms with van der Waals surface area (Å²) in [4.78, 5) is 0. The molecule has 15 heavy (non-hydrogen) atoms. The summed E-state index contributed by atoms with van der Waals surface area (Å²) in [6.45, 7) is 16.4. The van der Waals surface area contributed by atoms with Crippen molar-refractivity contribution in [2.75, 3.05) is 0 Å². The molecule has 0 spiro atoms. The lowest BCUT2D eigenvalue weighted by Gasteiger charge is -2.40. The maximum Gasteiger partial charge on any atom is 0.192 e. The topological polar surface area (TPSA) is 9.23 Å². The average molecular weight is 228 g/mol. The van der Waals surface area contributed by atoms with Crippen LogP contribution in [0.25, 0.3) is 0 Å². The molecular formula is C13H28OSi. The number of hydrogen-bond donors (Lipinski definition) is 0. The molecule has 0 aromatic heterocycles. The van der Waals surface area contributed by atoms with Crippen molar-refractivity contribution in [2.45, 2.75) is 71.7 Å². The van der Waals surface area contributed by atoms with Gasteiger partial charge in [-0.05, 0) is 42.8 Å². The van der Waals surface area contributed by atoms with Crippen LogP contribution < -0.4 is 0 Å². The van der Waals surface area contributed by atoms with Crippen molar-refractivity contribution in [3.63, 3.8) is 0 Å². The highest BCUT2D eigenvalue weighted by Gasteiger charge is 2.42. The number of rotatable bonds is 2. The van der Waals surface area contributed by atoms with E-state index in [0.717, 1.165) is 11.8 Å². The predicted molar refractivity (Wildman–Crippen MR) is 69.6 cm³/mol. The molecule has 0 aliphatic heterocycles. The molecule has 0 N–H and O–H groups in total. The lowest BCUT2D eigenvalue weighted by molar-refractivity contribution is 0.114. The van der Waals surface area contributed by atoms with Crippen LogP contribution in [0.1, 0.15) is 47.5 Å². The summed E-state index contributed by atoms with van der Waals surface area (Å²) in [7, 11) is -1.55. The third-order valence-electron chi connectivity index (χ3n) is 4.44. The van der Waals surface area contributed by atoms with Gasteiger partial charge in [0.1, 0.15) is 0 Å². The van der Waals surface area contributed by atoms with E-state index in [4.69, 9.17) is 4.43 Å². The van der Waals surface area contributed by atoms with E-state index in [1.807, 2.05) is 0 Å². The van der Waals surface area contributed by atoms with Crippen LogP contribution in [0.2, 0.25) is 18.1 Å². The summed E-state index contributed by atoms with van der Waals surface area (Å²) < 4.78 is 6.53. The normalized spacial score (nSPS) is 33.4. The summed E-state index contributed by atoms with van der Waals surface area (Å²) in [5, 5.41) is 0.342. The van der Waals surface area contributed by atoms with Gasteiger partial charge < -0.3 is 4.43 Å². The molecule has 1 saturated carbocycles. The van der Waals surface area contributed by atoms with E-state index < -0.39 is 8.32 Å². The summed E-state index contributed by atoms with van der Waals surface area (Å²) in [6.07, 6.45) is 3.21. The Kier molecular flexibility index (Phi) is 3.72. The van der Waals surface area contributed by atoms with Crippen LogP contribution in [0, 0.1) is 11.8 Å². The molecule has 1 nitrogen and oxygen atoms in total. The molecule has 90 valence electrons. The Bertz CT molecular complexity index is 207. The molecule has 1 aliphatic rings. The highest BCUT2D eigenvalue weighted by atomic mass is 28.4. The van der Waals surface area contributed by atoms with Gasteiger partial charge in [0.2, 0.25) is 0 Å². The minimum atomic E-state index is -1.55. The summed E-state index contributed by atoms with van der Waals surface area (Å²) >= 11 is 0. The standard InChI is InChI=1S/C13H28OSi/c1-10-8-9-11(2)12(10)14-15(6,7)13(3,4)5/h10-12H,8-9H2,1-7H3. The highest BCUT2D eigenvalue weighted by Crippen LogP contribution is 2.42. The SMILES string of the molecule is CC1CCC(C)C1O[Si](C)(C)C(C)(C)C. The van der Waals surface area contributed by atoms with Crippen molar-refractivity contribution >= 4 is 8.32 Å². The van der Waals surface area contributed by atoms with Gasteiger partial charge in [0.25, 0.3) is 0 Å². The minimum Gasteiger partial charge on any atom is -0.413 e. The molecule has 1 aliphatic carbocycles. The van der Waals surface area contributed by atoms with Gasteiger partial charge in [-0.1, -0.05) is 34.6 Å². The molecule has 0 bridgehead atoms. The molecule has 0 radical (unpaired) electrons. The lowest BCUT2D eigenvalue weighted by Crippen LogP contribution is -2.45. The van der Waals surface area contributed by atoms with E-state index in [1.165, 1.54) is 12.8 Å². The zero-order chi connectivity index (χ0) is 11.9. The maximum absolute atomic E-state index is 6.53. The summed E-state index contributed by atoms with van der Waals surface area (Å²) in [5.74, 6) is 1.52. The van der Waals surface area contributed by atoms with E-state index in [9.17, 15) is 0 Å². The van der Waals surface area contributed by atoms with Crippen molar-refractivity contribution in [3.8, 4) is 0 Å². The molecule has 0 amide bonds. The fourth-order valence-electron chi connectivity index (χ4n) is 2.16. The zero-order valence-electron chi connectivity index (χ0n) is 11.6. The van der Waals surface area contributed by atoms with Crippen LogP contribution in [-0.4, -0.2) is 14.4 Å². The third-order valence-corrected chi connectivity index (χ3v) is 8.91. The molecule has 0 aromatic rings. The lowest BCUT2D eigenvalue weighted by atomic mass is 10.0. The Morgan fingerprint density at radius 1 is 1.00 bits per heavy atom. The zero-order valence-corrected chi connectivity index (χ0v) is 12.6. The van der Waals surface area contributed by atoms with Crippen molar-refractivity contribution in [2.24, 2.45) is 11.8 Å². The fraction of sp³-hybridized carbons (Fsp3) is 1.00. The largest absolute Gasteiger partial charge is 0.413 e. The maximum atomic E-state index is 6.53. The Hall–Kier alpha value is 0.177. The first-order chi connectivity index (χ1) is 6.65. The van der Waals surface area contributed by atoms with Crippen LogP contribution in [0.3, 0.4) is 0 Å². The Morgan fingerprint density at radius 3 is 1.73 bits per heavy atom. The summed E-state index contributed by atoms with van der Waals surface area (Å²) in [6, 6.07) is 0. The van der Waals surface area contributed by atoms with E-state index in [0.29, 0.717) is 11.1 Å². The Labute approximate surface area is 96.7 Å². The van der Waals surface area contributed by atoms with Crippen LogP contribution in [0.4, 0.5) is 0 Å². The Morgan fingerprint density at radius 2 is 1.40 bits per heavy atom. The molecular weight excluding hydrogens is 200 g/mol. The first kappa shape index (κ1) is 13.2. The first-order valence-corrected chi connectivity index (χ1v) is 9.24. The second kappa shape index (κ2) is 4.21.